The van der Waals surface area contributed by atoms with Crippen molar-refractivity contribution < 1.29 is 5.11 Å². The number of hydrogen-bond donors (Lipinski definition) is 2. The lowest BCUT2D eigenvalue weighted by Gasteiger charge is -2.35. The Hall–Kier alpha value is -1.00. The molecule has 0 atom stereocenters. The summed E-state index contributed by atoms with van der Waals surface area (Å²) in [5.74, 6) is 1.59. The Morgan fingerprint density at radius 1 is 1.33 bits per heavy atom. The maximum absolute atomic E-state index is 10.5. The number of rotatable bonds is 5. The Bertz CT molecular complexity index is 347. The molecule has 2 N–H and O–H groups in total. The third-order valence-electron chi connectivity index (χ3n) is 3.97. The third kappa shape index (κ3) is 3.75. The molecule has 100 valence electrons. The molecule has 0 spiro atoms. The second kappa shape index (κ2) is 6.25. The number of hydrogen-bond acceptors (Lipinski definition) is 4. The van der Waals surface area contributed by atoms with Crippen molar-refractivity contribution in [3.8, 4) is 0 Å². The lowest BCUT2D eigenvalue weighted by atomic mass is 9.78. The van der Waals surface area contributed by atoms with Crippen LogP contribution in [-0.4, -0.2) is 27.2 Å². The average molecular weight is 249 g/mol. The van der Waals surface area contributed by atoms with E-state index in [0.29, 0.717) is 13.1 Å². The minimum Gasteiger partial charge on any atom is -0.389 e. The Labute approximate surface area is 109 Å². The second-order valence-electron chi connectivity index (χ2n) is 5.34. The largest absolute Gasteiger partial charge is 0.389 e. The van der Waals surface area contributed by atoms with Crippen LogP contribution in [-0.2, 0) is 6.54 Å². The van der Waals surface area contributed by atoms with Gasteiger partial charge in [0.25, 0.3) is 0 Å². The summed E-state index contributed by atoms with van der Waals surface area (Å²) in [7, 11) is 0. The number of aromatic nitrogens is 2. The van der Waals surface area contributed by atoms with E-state index in [-0.39, 0.29) is 0 Å². The first-order valence-corrected chi connectivity index (χ1v) is 6.91. The Kier molecular flexibility index (Phi) is 4.66. The summed E-state index contributed by atoms with van der Waals surface area (Å²) in [5, 5.41) is 13.7. The highest BCUT2D eigenvalue weighted by Gasteiger charge is 2.32. The molecular formula is C14H23N3O. The maximum atomic E-state index is 10.5. The summed E-state index contributed by atoms with van der Waals surface area (Å²) in [6.07, 6.45) is 8.84. The third-order valence-corrected chi connectivity index (χ3v) is 3.97. The molecule has 0 aromatic carbocycles. The van der Waals surface area contributed by atoms with Crippen molar-refractivity contribution in [2.45, 2.75) is 51.2 Å². The zero-order valence-electron chi connectivity index (χ0n) is 11.1. The molecule has 1 aromatic heterocycles. The van der Waals surface area contributed by atoms with Gasteiger partial charge in [0.15, 0.2) is 0 Å². The van der Waals surface area contributed by atoms with Gasteiger partial charge in [-0.1, -0.05) is 13.3 Å². The van der Waals surface area contributed by atoms with Gasteiger partial charge in [0.2, 0.25) is 0 Å². The first-order valence-electron chi connectivity index (χ1n) is 6.91. The van der Waals surface area contributed by atoms with Crippen molar-refractivity contribution in [2.75, 3.05) is 6.54 Å². The van der Waals surface area contributed by atoms with E-state index in [1.807, 2.05) is 6.07 Å². The Morgan fingerprint density at radius 3 is 2.61 bits per heavy atom. The summed E-state index contributed by atoms with van der Waals surface area (Å²) in [5.41, 5.74) is -0.527. The Morgan fingerprint density at radius 2 is 2.00 bits per heavy atom. The standard InChI is InChI=1S/C14H23N3O/c1-2-12-4-6-14(18,7-5-12)11-15-10-13-16-8-3-9-17-13/h3,8-9,12,15,18H,2,4-7,10-11H2,1H3. The van der Waals surface area contributed by atoms with Crippen molar-refractivity contribution >= 4 is 0 Å². The number of aliphatic hydroxyl groups is 1. The predicted octanol–water partition coefficient (Wildman–Crippen LogP) is 1.90. The van der Waals surface area contributed by atoms with Gasteiger partial charge in [-0.3, -0.25) is 0 Å². The molecule has 0 saturated heterocycles. The van der Waals surface area contributed by atoms with E-state index in [1.165, 1.54) is 6.42 Å². The second-order valence-corrected chi connectivity index (χ2v) is 5.34. The minimum absolute atomic E-state index is 0.527. The van der Waals surface area contributed by atoms with Gasteiger partial charge in [-0.15, -0.1) is 0 Å². The lowest BCUT2D eigenvalue weighted by Crippen LogP contribution is -2.43. The molecule has 0 radical (unpaired) electrons. The molecule has 1 fully saturated rings. The van der Waals surface area contributed by atoms with Crippen molar-refractivity contribution in [1.82, 2.24) is 15.3 Å². The first kappa shape index (κ1) is 13.4. The fraction of sp³-hybridized carbons (Fsp3) is 0.714. The molecule has 1 aliphatic rings. The molecule has 18 heavy (non-hydrogen) atoms. The first-order chi connectivity index (χ1) is 8.72. The highest BCUT2D eigenvalue weighted by molar-refractivity contribution is 4.90. The summed E-state index contributed by atoms with van der Waals surface area (Å²) >= 11 is 0. The predicted molar refractivity (Wildman–Crippen MR) is 70.9 cm³/mol. The zero-order valence-corrected chi connectivity index (χ0v) is 11.1. The topological polar surface area (TPSA) is 58.0 Å². The molecule has 0 bridgehead atoms. The molecule has 4 heteroatoms. The Balaban J connectivity index is 1.73. The van der Waals surface area contributed by atoms with E-state index >= 15 is 0 Å². The normalized spacial score (nSPS) is 28.2. The molecular weight excluding hydrogens is 226 g/mol. The van der Waals surface area contributed by atoms with E-state index in [0.717, 1.165) is 37.4 Å². The lowest BCUT2D eigenvalue weighted by molar-refractivity contribution is -0.00891. The summed E-state index contributed by atoms with van der Waals surface area (Å²) in [6, 6.07) is 1.81. The quantitative estimate of drug-likeness (QED) is 0.837. The van der Waals surface area contributed by atoms with Gasteiger partial charge in [0.1, 0.15) is 5.82 Å². The smallest absolute Gasteiger partial charge is 0.141 e. The molecule has 1 aliphatic carbocycles. The highest BCUT2D eigenvalue weighted by atomic mass is 16.3. The van der Waals surface area contributed by atoms with Gasteiger partial charge in [-0.2, -0.15) is 0 Å². The van der Waals surface area contributed by atoms with E-state index < -0.39 is 5.60 Å². The fourth-order valence-electron chi connectivity index (χ4n) is 2.63. The molecule has 1 aromatic rings. The summed E-state index contributed by atoms with van der Waals surface area (Å²) < 4.78 is 0. The van der Waals surface area contributed by atoms with E-state index in [4.69, 9.17) is 0 Å². The molecule has 0 unspecified atom stereocenters. The molecule has 1 heterocycles. The molecule has 1 saturated carbocycles. The molecule has 0 aliphatic heterocycles. The molecule has 2 rings (SSSR count). The molecule has 4 nitrogen and oxygen atoms in total. The van der Waals surface area contributed by atoms with Crippen molar-refractivity contribution in [3.05, 3.63) is 24.3 Å². The van der Waals surface area contributed by atoms with E-state index in [2.05, 4.69) is 22.2 Å². The maximum Gasteiger partial charge on any atom is 0.141 e. The van der Waals surface area contributed by atoms with Crippen LogP contribution in [0, 0.1) is 5.92 Å². The van der Waals surface area contributed by atoms with Crippen LogP contribution in [0.1, 0.15) is 44.9 Å². The highest BCUT2D eigenvalue weighted by Crippen LogP contribution is 2.33. The van der Waals surface area contributed by atoms with Gasteiger partial charge >= 0.3 is 0 Å². The van der Waals surface area contributed by atoms with Gasteiger partial charge in [-0.05, 0) is 37.7 Å². The van der Waals surface area contributed by atoms with E-state index in [9.17, 15) is 5.11 Å². The molecule has 0 amide bonds. The zero-order chi connectivity index (χ0) is 12.8. The SMILES string of the molecule is CCC1CCC(O)(CNCc2ncccn2)CC1. The van der Waals surface area contributed by atoms with Crippen LogP contribution in [0.2, 0.25) is 0 Å². The summed E-state index contributed by atoms with van der Waals surface area (Å²) in [4.78, 5) is 8.31. The minimum atomic E-state index is -0.527. The fourth-order valence-corrected chi connectivity index (χ4v) is 2.63. The van der Waals surface area contributed by atoms with Crippen LogP contribution in [0.5, 0.6) is 0 Å². The van der Waals surface area contributed by atoms with Crippen molar-refractivity contribution in [2.24, 2.45) is 5.92 Å². The van der Waals surface area contributed by atoms with Crippen LogP contribution in [0.3, 0.4) is 0 Å². The van der Waals surface area contributed by atoms with Crippen LogP contribution >= 0.6 is 0 Å². The number of nitrogens with zero attached hydrogens (tertiary/aromatic N) is 2. The van der Waals surface area contributed by atoms with Crippen molar-refractivity contribution in [3.63, 3.8) is 0 Å². The van der Waals surface area contributed by atoms with Crippen LogP contribution < -0.4 is 5.32 Å². The monoisotopic (exact) mass is 249 g/mol. The number of nitrogens with one attached hydrogen (secondary N) is 1. The van der Waals surface area contributed by atoms with E-state index in [1.54, 1.807) is 12.4 Å². The van der Waals surface area contributed by atoms with Crippen LogP contribution in [0.4, 0.5) is 0 Å². The van der Waals surface area contributed by atoms with Gasteiger partial charge in [0.05, 0.1) is 12.1 Å². The average Bonchev–Trinajstić information content (AvgIpc) is 2.41. The van der Waals surface area contributed by atoms with Crippen LogP contribution in [0.15, 0.2) is 18.5 Å². The van der Waals surface area contributed by atoms with Crippen molar-refractivity contribution in [1.29, 1.82) is 0 Å². The van der Waals surface area contributed by atoms with Gasteiger partial charge in [0, 0.05) is 18.9 Å². The summed E-state index contributed by atoms with van der Waals surface area (Å²) in [6.45, 7) is 3.50. The van der Waals surface area contributed by atoms with Crippen LogP contribution in [0.25, 0.3) is 0 Å². The van der Waals surface area contributed by atoms with Gasteiger partial charge < -0.3 is 10.4 Å². The van der Waals surface area contributed by atoms with Gasteiger partial charge in [-0.25, -0.2) is 9.97 Å².